The molecule has 0 spiro atoms. The van der Waals surface area contributed by atoms with Gasteiger partial charge in [-0.15, -0.1) is 0 Å². The van der Waals surface area contributed by atoms with Crippen LogP contribution in [0.5, 0.6) is 5.75 Å². The van der Waals surface area contributed by atoms with Gasteiger partial charge in [-0.3, -0.25) is 9.78 Å². The van der Waals surface area contributed by atoms with Crippen molar-refractivity contribution in [3.63, 3.8) is 0 Å². The fourth-order valence-electron chi connectivity index (χ4n) is 2.43. The molecule has 0 unspecified atom stereocenters. The van der Waals surface area contributed by atoms with Crippen molar-refractivity contribution in [3.05, 3.63) is 77.9 Å². The monoisotopic (exact) mass is 336 g/mol. The number of aromatic nitrogens is 1. The number of nitrogens with zero attached hydrogens (tertiary/aromatic N) is 1. The van der Waals surface area contributed by atoms with Crippen LogP contribution >= 0.6 is 0 Å². The summed E-state index contributed by atoms with van der Waals surface area (Å²) in [6.07, 6.45) is 3.20. The molecule has 0 radical (unpaired) electrons. The highest BCUT2D eigenvalue weighted by Gasteiger charge is 2.12. The first kappa shape index (κ1) is 16.6. The van der Waals surface area contributed by atoms with E-state index in [4.69, 9.17) is 4.74 Å². The van der Waals surface area contributed by atoms with Gasteiger partial charge in [0.05, 0.1) is 18.4 Å². The number of methoxy groups -OCH3 is 1. The molecule has 25 heavy (non-hydrogen) atoms. The summed E-state index contributed by atoms with van der Waals surface area (Å²) in [7, 11) is 1.42. The largest absolute Gasteiger partial charge is 0.494 e. The van der Waals surface area contributed by atoms with E-state index in [1.54, 1.807) is 12.3 Å². The topological polar surface area (TPSA) is 51.2 Å². The number of benzene rings is 2. The van der Waals surface area contributed by atoms with Gasteiger partial charge in [-0.25, -0.2) is 4.39 Å². The van der Waals surface area contributed by atoms with Crippen molar-refractivity contribution in [1.82, 2.24) is 4.98 Å². The highest BCUT2D eigenvalue weighted by Crippen LogP contribution is 2.26. The summed E-state index contributed by atoms with van der Waals surface area (Å²) in [6, 6.07) is 13.7. The van der Waals surface area contributed by atoms with Crippen molar-refractivity contribution in [3.8, 4) is 16.9 Å². The number of hydrogen-bond acceptors (Lipinski definition) is 3. The fourth-order valence-corrected chi connectivity index (χ4v) is 2.43. The minimum Gasteiger partial charge on any atom is -0.494 e. The first-order chi connectivity index (χ1) is 12.1. The van der Waals surface area contributed by atoms with Gasteiger partial charge in [0.1, 0.15) is 11.6 Å². The molecular weight excluding hydrogens is 319 g/mol. The van der Waals surface area contributed by atoms with E-state index in [2.05, 4.69) is 10.3 Å². The van der Waals surface area contributed by atoms with Crippen LogP contribution in [0.3, 0.4) is 0 Å². The number of anilines is 1. The highest BCUT2D eigenvalue weighted by molar-refractivity contribution is 6.05. The van der Waals surface area contributed by atoms with E-state index in [0.717, 1.165) is 16.7 Å². The van der Waals surface area contributed by atoms with Gasteiger partial charge in [0.2, 0.25) is 0 Å². The SMILES string of the molecule is COc1cc(F)ccc1NC(=O)c1cncc(-c2ccc(C)cc2)c1. The molecule has 1 amide bonds. The van der Waals surface area contributed by atoms with Crippen LogP contribution in [-0.2, 0) is 0 Å². The lowest BCUT2D eigenvalue weighted by Gasteiger charge is -2.11. The van der Waals surface area contributed by atoms with E-state index >= 15 is 0 Å². The molecule has 0 saturated carbocycles. The third-order valence-electron chi connectivity index (χ3n) is 3.80. The average Bonchev–Trinajstić information content (AvgIpc) is 2.63. The van der Waals surface area contributed by atoms with Gasteiger partial charge in [0, 0.05) is 24.0 Å². The second kappa shape index (κ2) is 7.13. The van der Waals surface area contributed by atoms with E-state index in [-0.39, 0.29) is 11.7 Å². The van der Waals surface area contributed by atoms with Gasteiger partial charge in [-0.1, -0.05) is 29.8 Å². The maximum absolute atomic E-state index is 13.3. The Morgan fingerprint density at radius 2 is 1.80 bits per heavy atom. The number of aryl methyl sites for hydroxylation is 1. The van der Waals surface area contributed by atoms with Crippen LogP contribution in [0.15, 0.2) is 60.9 Å². The molecule has 0 aliphatic heterocycles. The molecule has 1 aromatic heterocycles. The van der Waals surface area contributed by atoms with Crippen molar-refractivity contribution in [1.29, 1.82) is 0 Å². The normalized spacial score (nSPS) is 10.4. The quantitative estimate of drug-likeness (QED) is 0.765. The number of hydrogen-bond donors (Lipinski definition) is 1. The molecule has 3 aromatic rings. The number of halogens is 1. The lowest BCUT2D eigenvalue weighted by Crippen LogP contribution is -2.13. The summed E-state index contributed by atoms with van der Waals surface area (Å²) in [5.74, 6) is -0.514. The first-order valence-electron chi connectivity index (χ1n) is 7.74. The number of carbonyl (C=O) groups excluding carboxylic acids is 1. The maximum Gasteiger partial charge on any atom is 0.257 e. The zero-order chi connectivity index (χ0) is 17.8. The van der Waals surface area contributed by atoms with Crippen molar-refractivity contribution >= 4 is 11.6 Å². The lowest BCUT2D eigenvalue weighted by atomic mass is 10.0. The highest BCUT2D eigenvalue weighted by atomic mass is 19.1. The van der Waals surface area contributed by atoms with Crippen molar-refractivity contribution in [2.45, 2.75) is 6.92 Å². The summed E-state index contributed by atoms with van der Waals surface area (Å²) >= 11 is 0. The molecule has 5 heteroatoms. The number of amides is 1. The third kappa shape index (κ3) is 3.83. The zero-order valence-electron chi connectivity index (χ0n) is 13.9. The van der Waals surface area contributed by atoms with Gasteiger partial charge < -0.3 is 10.1 Å². The molecule has 1 heterocycles. The molecule has 126 valence electrons. The standard InChI is InChI=1S/C20H17FN2O2/c1-13-3-5-14(6-4-13)15-9-16(12-22-11-15)20(24)23-18-8-7-17(21)10-19(18)25-2/h3-12H,1-2H3,(H,23,24). The summed E-state index contributed by atoms with van der Waals surface area (Å²) in [5, 5.41) is 2.72. The minimum absolute atomic E-state index is 0.260. The molecule has 4 nitrogen and oxygen atoms in total. The number of rotatable bonds is 4. The Morgan fingerprint density at radius 3 is 2.52 bits per heavy atom. The molecule has 0 bridgehead atoms. The average molecular weight is 336 g/mol. The van der Waals surface area contributed by atoms with Crippen LogP contribution in [-0.4, -0.2) is 18.0 Å². The van der Waals surface area contributed by atoms with E-state index in [1.165, 1.54) is 31.5 Å². The Bertz CT molecular complexity index is 908. The zero-order valence-corrected chi connectivity index (χ0v) is 13.9. The molecule has 0 fully saturated rings. The van der Waals surface area contributed by atoms with Crippen LogP contribution in [0, 0.1) is 12.7 Å². The van der Waals surface area contributed by atoms with Crippen molar-refractivity contribution in [2.75, 3.05) is 12.4 Å². The van der Waals surface area contributed by atoms with Gasteiger partial charge in [0.25, 0.3) is 5.91 Å². The Morgan fingerprint density at radius 1 is 1.04 bits per heavy atom. The second-order valence-corrected chi connectivity index (χ2v) is 5.63. The Balaban J connectivity index is 1.86. The summed E-state index contributed by atoms with van der Waals surface area (Å²) in [4.78, 5) is 16.7. The van der Waals surface area contributed by atoms with Crippen LogP contribution in [0.25, 0.3) is 11.1 Å². The maximum atomic E-state index is 13.3. The van der Waals surface area contributed by atoms with Gasteiger partial charge in [0.15, 0.2) is 0 Å². The number of carbonyl (C=O) groups is 1. The predicted octanol–water partition coefficient (Wildman–Crippen LogP) is 4.46. The second-order valence-electron chi connectivity index (χ2n) is 5.63. The molecule has 1 N–H and O–H groups in total. The number of pyridine rings is 1. The summed E-state index contributed by atoms with van der Waals surface area (Å²) < 4.78 is 18.4. The lowest BCUT2D eigenvalue weighted by molar-refractivity contribution is 0.102. The van der Waals surface area contributed by atoms with E-state index < -0.39 is 5.82 Å². The van der Waals surface area contributed by atoms with Crippen LogP contribution in [0.4, 0.5) is 10.1 Å². The van der Waals surface area contributed by atoms with Crippen molar-refractivity contribution < 1.29 is 13.9 Å². The molecule has 0 saturated heterocycles. The van der Waals surface area contributed by atoms with E-state index in [0.29, 0.717) is 11.3 Å². The molecule has 3 rings (SSSR count). The molecule has 0 atom stereocenters. The number of ether oxygens (including phenoxy) is 1. The fraction of sp³-hybridized carbons (Fsp3) is 0.100. The first-order valence-corrected chi connectivity index (χ1v) is 7.74. The van der Waals surface area contributed by atoms with E-state index in [1.807, 2.05) is 31.2 Å². The van der Waals surface area contributed by atoms with Crippen LogP contribution in [0.2, 0.25) is 0 Å². The summed E-state index contributed by atoms with van der Waals surface area (Å²) in [6.45, 7) is 2.02. The minimum atomic E-state index is -0.433. The van der Waals surface area contributed by atoms with Crippen molar-refractivity contribution in [2.24, 2.45) is 0 Å². The van der Waals surface area contributed by atoms with E-state index in [9.17, 15) is 9.18 Å². The van der Waals surface area contributed by atoms with Gasteiger partial charge in [-0.05, 0) is 30.7 Å². The molecule has 0 aliphatic carbocycles. The van der Waals surface area contributed by atoms with Gasteiger partial charge >= 0.3 is 0 Å². The van der Waals surface area contributed by atoms with Gasteiger partial charge in [-0.2, -0.15) is 0 Å². The Labute approximate surface area is 145 Å². The molecule has 0 aliphatic rings. The van der Waals surface area contributed by atoms with Crippen LogP contribution < -0.4 is 10.1 Å². The Hall–Kier alpha value is -3.21. The molecular formula is C20H17FN2O2. The Kier molecular flexibility index (Phi) is 4.75. The molecule has 2 aromatic carbocycles. The third-order valence-corrected chi connectivity index (χ3v) is 3.80. The van der Waals surface area contributed by atoms with Crippen LogP contribution in [0.1, 0.15) is 15.9 Å². The number of nitrogens with one attached hydrogen (secondary N) is 1. The smallest absolute Gasteiger partial charge is 0.257 e. The summed E-state index contributed by atoms with van der Waals surface area (Å²) in [5.41, 5.74) is 3.79. The predicted molar refractivity (Wildman–Crippen MR) is 95.3 cm³/mol.